The first-order valence-corrected chi connectivity index (χ1v) is 2.19. The largest absolute Gasteiger partial charge is 4.00 e. The standard InChI is InChI=1S/H3O4P.V/c1-5(2,3)4;/h(H3,1,2,3,4);/q;+4/p-3. The Balaban J connectivity index is 0. The minimum absolute atomic E-state index is 0. The summed E-state index contributed by atoms with van der Waals surface area (Å²) in [7, 11) is -5.39. The van der Waals surface area contributed by atoms with E-state index >= 15 is 0 Å². The summed E-state index contributed by atoms with van der Waals surface area (Å²) in [5.74, 6) is 0. The average molecular weight is 146 g/mol. The Bertz CT molecular complexity index is 53.7. The zero-order chi connectivity index (χ0) is 4.50. The fourth-order valence-electron chi connectivity index (χ4n) is 0. The molecule has 0 aromatic heterocycles. The molecule has 0 atom stereocenters. The number of rotatable bonds is 0. The van der Waals surface area contributed by atoms with Crippen molar-refractivity contribution < 1.29 is 37.8 Å². The Labute approximate surface area is 46.3 Å². The van der Waals surface area contributed by atoms with Gasteiger partial charge < -0.3 is 19.2 Å². The van der Waals surface area contributed by atoms with E-state index in [2.05, 4.69) is 0 Å². The van der Waals surface area contributed by atoms with Gasteiger partial charge in [0.2, 0.25) is 0 Å². The van der Waals surface area contributed by atoms with Gasteiger partial charge in [0, 0.05) is 0 Å². The normalized spacial score (nSPS) is 9.83. The van der Waals surface area contributed by atoms with Crippen molar-refractivity contribution in [2.75, 3.05) is 0 Å². The molecule has 0 heterocycles. The zero-order valence-corrected chi connectivity index (χ0v) is 4.82. The van der Waals surface area contributed by atoms with Crippen LogP contribution in [0.2, 0.25) is 0 Å². The molecule has 0 N–H and O–H groups in total. The van der Waals surface area contributed by atoms with Crippen LogP contribution in [0.5, 0.6) is 0 Å². The molecule has 0 aliphatic heterocycles. The van der Waals surface area contributed by atoms with Crippen molar-refractivity contribution in [2.24, 2.45) is 0 Å². The predicted octanol–water partition coefficient (Wildman–Crippen LogP) is -2.83. The van der Waals surface area contributed by atoms with Gasteiger partial charge in [-0.1, -0.05) is 0 Å². The van der Waals surface area contributed by atoms with E-state index in [1.54, 1.807) is 0 Å². The third-order valence-corrected chi connectivity index (χ3v) is 0. The third kappa shape index (κ3) is 133. The van der Waals surface area contributed by atoms with Crippen molar-refractivity contribution in [1.82, 2.24) is 0 Å². The molecule has 6 heavy (non-hydrogen) atoms. The van der Waals surface area contributed by atoms with Crippen molar-refractivity contribution in [1.29, 1.82) is 0 Å². The van der Waals surface area contributed by atoms with Crippen LogP contribution >= 0.6 is 7.82 Å². The van der Waals surface area contributed by atoms with Gasteiger partial charge >= 0.3 is 18.6 Å². The maximum Gasteiger partial charge on any atom is 4.00 e. The van der Waals surface area contributed by atoms with Crippen molar-refractivity contribution in [3.05, 3.63) is 0 Å². The number of phosphoric acid groups is 1. The van der Waals surface area contributed by atoms with Crippen LogP contribution in [0.1, 0.15) is 0 Å². The van der Waals surface area contributed by atoms with E-state index in [9.17, 15) is 0 Å². The molecule has 6 heteroatoms. The molecule has 0 aromatic rings. The maximum absolute atomic E-state index is 8.55. The summed E-state index contributed by atoms with van der Waals surface area (Å²) in [6.45, 7) is 0. The minimum Gasteiger partial charge on any atom is -0.822 e. The molecule has 0 aliphatic rings. The molecule has 1 radical (unpaired) electrons. The van der Waals surface area contributed by atoms with Crippen molar-refractivity contribution in [3.8, 4) is 0 Å². The average Bonchev–Trinajstić information content (AvgIpc) is 0.722. The van der Waals surface area contributed by atoms with Crippen LogP contribution in [0, 0.1) is 0 Å². The monoisotopic (exact) mass is 146 g/mol. The second-order valence-electron chi connectivity index (χ2n) is 0.447. The van der Waals surface area contributed by atoms with E-state index < -0.39 is 7.82 Å². The van der Waals surface area contributed by atoms with E-state index in [4.69, 9.17) is 19.2 Å². The molecule has 0 aliphatic carbocycles. The van der Waals surface area contributed by atoms with Gasteiger partial charge in [0.05, 0.1) is 0 Å². The van der Waals surface area contributed by atoms with Crippen LogP contribution in [0.15, 0.2) is 0 Å². The third-order valence-electron chi connectivity index (χ3n) is 0. The summed E-state index contributed by atoms with van der Waals surface area (Å²) in [5, 5.41) is 0. The Kier molecular flexibility index (Phi) is 4.60. The minimum atomic E-state index is -5.39. The van der Waals surface area contributed by atoms with Crippen LogP contribution < -0.4 is 14.7 Å². The van der Waals surface area contributed by atoms with E-state index in [-0.39, 0.29) is 18.6 Å². The summed E-state index contributed by atoms with van der Waals surface area (Å²) >= 11 is 0. The summed E-state index contributed by atoms with van der Waals surface area (Å²) in [5.41, 5.74) is 0. The first-order chi connectivity index (χ1) is 2.00. The Morgan fingerprint density at radius 1 is 1.17 bits per heavy atom. The molecule has 0 saturated heterocycles. The first kappa shape index (κ1) is 9.85. The molecule has 0 amide bonds. The summed E-state index contributed by atoms with van der Waals surface area (Å²) in [6, 6.07) is 0. The van der Waals surface area contributed by atoms with E-state index in [1.807, 2.05) is 0 Å². The summed E-state index contributed by atoms with van der Waals surface area (Å²) in [6.07, 6.45) is 0. The van der Waals surface area contributed by atoms with Gasteiger partial charge in [-0.15, -0.1) is 0 Å². The van der Waals surface area contributed by atoms with Gasteiger partial charge in [-0.2, -0.15) is 7.82 Å². The number of hydrogen-bond donors (Lipinski definition) is 0. The zero-order valence-electron chi connectivity index (χ0n) is 2.53. The molecule has 0 unspecified atom stereocenters. The first-order valence-electron chi connectivity index (χ1n) is 0.730. The number of hydrogen-bond acceptors (Lipinski definition) is 4. The molecule has 0 rings (SSSR count). The molecule has 0 aromatic carbocycles. The van der Waals surface area contributed by atoms with E-state index in [0.717, 1.165) is 0 Å². The van der Waals surface area contributed by atoms with Crippen LogP contribution in [0.25, 0.3) is 0 Å². The fraction of sp³-hybridized carbons (Fsp3) is 0. The van der Waals surface area contributed by atoms with Crippen LogP contribution in [-0.4, -0.2) is 0 Å². The van der Waals surface area contributed by atoms with Crippen molar-refractivity contribution >= 4 is 7.82 Å². The molecule has 0 bridgehead atoms. The Hall–Kier alpha value is 0.694. The second kappa shape index (κ2) is 2.80. The van der Waals surface area contributed by atoms with Gasteiger partial charge in [0.1, 0.15) is 0 Å². The summed E-state index contributed by atoms with van der Waals surface area (Å²) < 4.78 is 8.55. The smallest absolute Gasteiger partial charge is 0.822 e. The molecular weight excluding hydrogens is 146 g/mol. The molecule has 33 valence electrons. The van der Waals surface area contributed by atoms with Crippen LogP contribution in [0.3, 0.4) is 0 Å². The summed E-state index contributed by atoms with van der Waals surface area (Å²) in [4.78, 5) is 25.6. The van der Waals surface area contributed by atoms with E-state index in [0.29, 0.717) is 0 Å². The molecule has 0 fully saturated rings. The van der Waals surface area contributed by atoms with Crippen molar-refractivity contribution in [3.63, 3.8) is 0 Å². The Morgan fingerprint density at radius 2 is 1.17 bits per heavy atom. The van der Waals surface area contributed by atoms with Gasteiger partial charge in [-0.05, 0) is 0 Å². The quantitative estimate of drug-likeness (QED) is 0.344. The van der Waals surface area contributed by atoms with Crippen LogP contribution in [-0.2, 0) is 23.1 Å². The Morgan fingerprint density at radius 3 is 1.17 bits per heavy atom. The van der Waals surface area contributed by atoms with Crippen LogP contribution in [0.4, 0.5) is 0 Å². The molecule has 0 spiro atoms. The van der Waals surface area contributed by atoms with E-state index in [1.165, 1.54) is 0 Å². The second-order valence-corrected chi connectivity index (χ2v) is 1.34. The topological polar surface area (TPSA) is 86.2 Å². The van der Waals surface area contributed by atoms with Gasteiger partial charge in [-0.25, -0.2) is 0 Å². The van der Waals surface area contributed by atoms with Gasteiger partial charge in [0.15, 0.2) is 0 Å². The predicted molar refractivity (Wildman–Crippen MR) is 7.61 cm³/mol. The molecule has 4 nitrogen and oxygen atoms in total. The maximum atomic E-state index is 8.55. The van der Waals surface area contributed by atoms with Crippen molar-refractivity contribution in [2.45, 2.75) is 0 Å². The SMILES string of the molecule is O=P([O-])([O-])[O-].[V+4]. The van der Waals surface area contributed by atoms with Gasteiger partial charge in [-0.3, -0.25) is 0 Å². The molecule has 0 saturated carbocycles. The van der Waals surface area contributed by atoms with Gasteiger partial charge in [0.25, 0.3) is 0 Å². The molecular formula is O4PV+. The fourth-order valence-corrected chi connectivity index (χ4v) is 0.